The normalized spacial score (nSPS) is 32.4. The van der Waals surface area contributed by atoms with Crippen LogP contribution in [0.4, 0.5) is 0 Å². The van der Waals surface area contributed by atoms with Crippen molar-refractivity contribution in [2.24, 2.45) is 11.3 Å². The summed E-state index contributed by atoms with van der Waals surface area (Å²) in [6.45, 7) is 2.20. The zero-order valence-corrected chi connectivity index (χ0v) is 11.2. The standard InChI is InChI=1S/C13H22N2OS/c16-12(15-10-1-7-17-8-2-10)11-9-13(11)3-5-14-6-4-13/h10-11,14H,1-9H2,(H,15,16). The smallest absolute Gasteiger partial charge is 0.223 e. The summed E-state index contributed by atoms with van der Waals surface area (Å²) in [5, 5.41) is 6.67. The Bertz CT molecular complexity index is 296. The van der Waals surface area contributed by atoms with Crippen LogP contribution in [0.5, 0.6) is 0 Å². The van der Waals surface area contributed by atoms with Gasteiger partial charge in [0.15, 0.2) is 0 Å². The predicted octanol–water partition coefficient (Wildman–Crippen LogP) is 1.39. The van der Waals surface area contributed by atoms with E-state index in [2.05, 4.69) is 10.6 Å². The minimum absolute atomic E-state index is 0.333. The Morgan fingerprint density at radius 3 is 2.65 bits per heavy atom. The van der Waals surface area contributed by atoms with E-state index in [1.54, 1.807) is 0 Å². The summed E-state index contributed by atoms with van der Waals surface area (Å²) in [6, 6.07) is 0.461. The number of amides is 1. The van der Waals surface area contributed by atoms with Crippen LogP contribution < -0.4 is 10.6 Å². The third-order valence-corrected chi connectivity index (χ3v) is 5.72. The van der Waals surface area contributed by atoms with E-state index >= 15 is 0 Å². The maximum atomic E-state index is 12.2. The maximum Gasteiger partial charge on any atom is 0.223 e. The molecule has 2 saturated heterocycles. The average molecular weight is 254 g/mol. The molecular formula is C13H22N2OS. The lowest BCUT2D eigenvalue weighted by Crippen LogP contribution is -2.40. The topological polar surface area (TPSA) is 41.1 Å². The third kappa shape index (κ3) is 2.48. The number of rotatable bonds is 2. The Labute approximate surface area is 107 Å². The number of nitrogens with one attached hydrogen (secondary N) is 2. The molecule has 0 aromatic rings. The van der Waals surface area contributed by atoms with Gasteiger partial charge in [0.25, 0.3) is 0 Å². The molecule has 0 aromatic carbocycles. The molecule has 0 radical (unpaired) electrons. The van der Waals surface area contributed by atoms with Crippen molar-refractivity contribution in [3.63, 3.8) is 0 Å². The second-order valence-electron chi connectivity index (χ2n) is 5.76. The SMILES string of the molecule is O=C(NC1CCSCC1)C1CC12CCNCC2. The molecule has 3 fully saturated rings. The van der Waals surface area contributed by atoms with Crippen molar-refractivity contribution in [1.82, 2.24) is 10.6 Å². The molecule has 3 aliphatic rings. The summed E-state index contributed by atoms with van der Waals surface area (Å²) in [6.07, 6.45) is 5.87. The van der Waals surface area contributed by atoms with Gasteiger partial charge in [0.05, 0.1) is 0 Å². The van der Waals surface area contributed by atoms with Crippen molar-refractivity contribution < 1.29 is 4.79 Å². The van der Waals surface area contributed by atoms with Crippen LogP contribution in [0.1, 0.15) is 32.1 Å². The van der Waals surface area contributed by atoms with Crippen LogP contribution in [0.15, 0.2) is 0 Å². The first-order valence-corrected chi connectivity index (χ1v) is 8.04. The zero-order chi connectivity index (χ0) is 11.7. The molecule has 3 rings (SSSR count). The summed E-state index contributed by atoms with van der Waals surface area (Å²) in [7, 11) is 0. The van der Waals surface area contributed by atoms with Crippen LogP contribution in [0, 0.1) is 11.3 Å². The summed E-state index contributed by atoms with van der Waals surface area (Å²) >= 11 is 2.01. The van der Waals surface area contributed by atoms with Gasteiger partial charge in [-0.3, -0.25) is 4.79 Å². The van der Waals surface area contributed by atoms with Gasteiger partial charge in [-0.1, -0.05) is 0 Å². The van der Waals surface area contributed by atoms with Gasteiger partial charge in [0, 0.05) is 12.0 Å². The molecular weight excluding hydrogens is 232 g/mol. The lowest BCUT2D eigenvalue weighted by atomic mass is 9.91. The van der Waals surface area contributed by atoms with Crippen LogP contribution >= 0.6 is 11.8 Å². The molecule has 1 saturated carbocycles. The largest absolute Gasteiger partial charge is 0.353 e. The molecule has 4 heteroatoms. The second kappa shape index (κ2) is 4.81. The van der Waals surface area contributed by atoms with Crippen molar-refractivity contribution in [3.05, 3.63) is 0 Å². The molecule has 1 unspecified atom stereocenters. The summed E-state index contributed by atoms with van der Waals surface area (Å²) in [4.78, 5) is 12.2. The first-order chi connectivity index (χ1) is 8.30. The van der Waals surface area contributed by atoms with E-state index in [-0.39, 0.29) is 0 Å². The van der Waals surface area contributed by atoms with Crippen molar-refractivity contribution in [3.8, 4) is 0 Å². The van der Waals surface area contributed by atoms with Gasteiger partial charge >= 0.3 is 0 Å². The van der Waals surface area contributed by atoms with Crippen LogP contribution in [0.2, 0.25) is 0 Å². The highest BCUT2D eigenvalue weighted by molar-refractivity contribution is 7.99. The van der Waals surface area contributed by atoms with E-state index < -0.39 is 0 Å². The van der Waals surface area contributed by atoms with Gasteiger partial charge in [-0.15, -0.1) is 0 Å². The van der Waals surface area contributed by atoms with Gasteiger partial charge in [-0.2, -0.15) is 11.8 Å². The highest BCUT2D eigenvalue weighted by Crippen LogP contribution is 2.58. The number of hydrogen-bond acceptors (Lipinski definition) is 3. The van der Waals surface area contributed by atoms with Crippen LogP contribution in [0.3, 0.4) is 0 Å². The van der Waals surface area contributed by atoms with Crippen molar-refractivity contribution in [2.75, 3.05) is 24.6 Å². The number of thioether (sulfide) groups is 1. The van der Waals surface area contributed by atoms with Crippen molar-refractivity contribution >= 4 is 17.7 Å². The van der Waals surface area contributed by atoms with Gasteiger partial charge in [-0.25, -0.2) is 0 Å². The molecule has 2 heterocycles. The number of carbonyl (C=O) groups excluding carboxylic acids is 1. The van der Waals surface area contributed by atoms with E-state index in [0.717, 1.165) is 32.4 Å². The number of piperidine rings is 1. The molecule has 0 bridgehead atoms. The Kier molecular flexibility index (Phi) is 3.35. The maximum absolute atomic E-state index is 12.2. The molecule has 1 atom stereocenters. The Hall–Kier alpha value is -0.220. The third-order valence-electron chi connectivity index (χ3n) is 4.67. The predicted molar refractivity (Wildman–Crippen MR) is 71.1 cm³/mol. The van der Waals surface area contributed by atoms with E-state index in [1.165, 1.54) is 24.3 Å². The fourth-order valence-corrected chi connectivity index (χ4v) is 4.45. The summed E-state index contributed by atoms with van der Waals surface area (Å²) in [5.74, 6) is 3.11. The molecule has 2 N–H and O–H groups in total. The van der Waals surface area contributed by atoms with E-state index in [1.807, 2.05) is 11.8 Å². The molecule has 2 aliphatic heterocycles. The molecule has 0 aromatic heterocycles. The molecule has 17 heavy (non-hydrogen) atoms. The highest BCUT2D eigenvalue weighted by atomic mass is 32.2. The molecule has 3 nitrogen and oxygen atoms in total. The molecule has 96 valence electrons. The fraction of sp³-hybridized carbons (Fsp3) is 0.923. The Morgan fingerprint density at radius 1 is 1.24 bits per heavy atom. The average Bonchev–Trinajstić information content (AvgIpc) is 3.05. The second-order valence-corrected chi connectivity index (χ2v) is 6.99. The summed E-state index contributed by atoms with van der Waals surface area (Å²) in [5.41, 5.74) is 0.388. The molecule has 1 aliphatic carbocycles. The fourth-order valence-electron chi connectivity index (χ4n) is 3.34. The van der Waals surface area contributed by atoms with Crippen LogP contribution in [0.25, 0.3) is 0 Å². The number of hydrogen-bond donors (Lipinski definition) is 2. The minimum Gasteiger partial charge on any atom is -0.353 e. The van der Waals surface area contributed by atoms with Gasteiger partial charge < -0.3 is 10.6 Å². The van der Waals surface area contributed by atoms with Crippen LogP contribution in [-0.2, 0) is 4.79 Å². The zero-order valence-electron chi connectivity index (χ0n) is 10.3. The van der Waals surface area contributed by atoms with E-state index in [9.17, 15) is 4.79 Å². The molecule has 1 amide bonds. The number of carbonyl (C=O) groups is 1. The highest BCUT2D eigenvalue weighted by Gasteiger charge is 2.57. The first-order valence-electron chi connectivity index (χ1n) is 6.89. The lowest BCUT2D eigenvalue weighted by Gasteiger charge is -2.25. The van der Waals surface area contributed by atoms with Crippen molar-refractivity contribution in [2.45, 2.75) is 38.1 Å². The summed E-state index contributed by atoms with van der Waals surface area (Å²) < 4.78 is 0. The van der Waals surface area contributed by atoms with Gasteiger partial charge in [-0.05, 0) is 62.1 Å². The van der Waals surface area contributed by atoms with E-state index in [4.69, 9.17) is 0 Å². The lowest BCUT2D eigenvalue weighted by molar-refractivity contribution is -0.124. The van der Waals surface area contributed by atoms with Crippen molar-refractivity contribution in [1.29, 1.82) is 0 Å². The quantitative estimate of drug-likeness (QED) is 0.782. The first kappa shape index (κ1) is 11.8. The monoisotopic (exact) mass is 254 g/mol. The Morgan fingerprint density at radius 2 is 1.94 bits per heavy atom. The van der Waals surface area contributed by atoms with Gasteiger partial charge in [0.2, 0.25) is 5.91 Å². The Balaban J connectivity index is 1.50. The minimum atomic E-state index is 0.333. The molecule has 1 spiro atoms. The van der Waals surface area contributed by atoms with Gasteiger partial charge in [0.1, 0.15) is 0 Å². The van der Waals surface area contributed by atoms with Crippen LogP contribution in [-0.4, -0.2) is 36.5 Å². The van der Waals surface area contributed by atoms with E-state index in [0.29, 0.717) is 23.3 Å².